The SMILES string of the molecule is O=C(Nc1cccnc1)c1c[nH]c(=O)n(Cc2ccc3c(c2)OCO3)c1=O. The predicted octanol–water partition coefficient (Wildman–Crippen LogP) is 0.961. The fourth-order valence-corrected chi connectivity index (χ4v) is 2.67. The molecule has 3 aromatic rings. The standard InChI is InChI=1S/C18H14N4O5/c23-16(21-12-2-1-5-19-7-12)13-8-20-18(25)22(17(13)24)9-11-3-4-14-15(6-11)27-10-26-14/h1-8H,9-10H2,(H,20,25)(H,21,23). The Morgan fingerprint density at radius 1 is 1.22 bits per heavy atom. The Morgan fingerprint density at radius 3 is 2.89 bits per heavy atom. The largest absolute Gasteiger partial charge is 0.454 e. The van der Waals surface area contributed by atoms with Gasteiger partial charge in [0.25, 0.3) is 11.5 Å². The van der Waals surface area contributed by atoms with Crippen molar-refractivity contribution in [2.24, 2.45) is 0 Å². The lowest BCUT2D eigenvalue weighted by Gasteiger charge is -2.08. The van der Waals surface area contributed by atoms with E-state index >= 15 is 0 Å². The highest BCUT2D eigenvalue weighted by atomic mass is 16.7. The third-order valence-electron chi connectivity index (χ3n) is 4.00. The molecule has 1 aliphatic heterocycles. The zero-order chi connectivity index (χ0) is 18.8. The first kappa shape index (κ1) is 16.6. The Bertz CT molecular complexity index is 1120. The van der Waals surface area contributed by atoms with Gasteiger partial charge >= 0.3 is 5.69 Å². The smallest absolute Gasteiger partial charge is 0.328 e. The van der Waals surface area contributed by atoms with Crippen LogP contribution in [0.3, 0.4) is 0 Å². The molecular formula is C18H14N4O5. The molecule has 136 valence electrons. The molecule has 0 bridgehead atoms. The van der Waals surface area contributed by atoms with Crippen molar-refractivity contribution in [2.45, 2.75) is 6.54 Å². The van der Waals surface area contributed by atoms with Gasteiger partial charge in [-0.1, -0.05) is 6.07 Å². The van der Waals surface area contributed by atoms with Crippen LogP contribution in [0.4, 0.5) is 5.69 Å². The van der Waals surface area contributed by atoms with Gasteiger partial charge < -0.3 is 19.8 Å². The molecule has 1 amide bonds. The first-order chi connectivity index (χ1) is 13.1. The normalized spacial score (nSPS) is 12.0. The molecule has 27 heavy (non-hydrogen) atoms. The van der Waals surface area contributed by atoms with Crippen LogP contribution in [-0.4, -0.2) is 27.2 Å². The summed E-state index contributed by atoms with van der Waals surface area (Å²) in [6, 6.07) is 8.41. The Morgan fingerprint density at radius 2 is 2.07 bits per heavy atom. The van der Waals surface area contributed by atoms with Gasteiger partial charge in [0, 0.05) is 12.4 Å². The quantitative estimate of drug-likeness (QED) is 0.711. The summed E-state index contributed by atoms with van der Waals surface area (Å²) >= 11 is 0. The summed E-state index contributed by atoms with van der Waals surface area (Å²) in [4.78, 5) is 43.5. The molecule has 0 saturated carbocycles. The highest BCUT2D eigenvalue weighted by Gasteiger charge is 2.17. The molecule has 0 spiro atoms. The number of hydrogen-bond acceptors (Lipinski definition) is 6. The van der Waals surface area contributed by atoms with Crippen molar-refractivity contribution in [3.63, 3.8) is 0 Å². The Kier molecular flexibility index (Phi) is 4.17. The molecule has 0 fully saturated rings. The van der Waals surface area contributed by atoms with Gasteiger partial charge in [-0.3, -0.25) is 19.1 Å². The van der Waals surface area contributed by atoms with Crippen molar-refractivity contribution >= 4 is 11.6 Å². The number of benzene rings is 1. The van der Waals surface area contributed by atoms with E-state index in [-0.39, 0.29) is 18.9 Å². The summed E-state index contributed by atoms with van der Waals surface area (Å²) in [5, 5.41) is 2.57. The highest BCUT2D eigenvalue weighted by Crippen LogP contribution is 2.32. The molecule has 9 heteroatoms. The number of hydrogen-bond donors (Lipinski definition) is 2. The summed E-state index contributed by atoms with van der Waals surface area (Å²) in [6.07, 6.45) is 4.12. The maximum atomic E-state index is 12.7. The second kappa shape index (κ2) is 6.79. The summed E-state index contributed by atoms with van der Waals surface area (Å²) < 4.78 is 11.5. The molecule has 2 aromatic heterocycles. The van der Waals surface area contributed by atoms with Gasteiger partial charge in [-0.15, -0.1) is 0 Å². The van der Waals surface area contributed by atoms with E-state index in [0.717, 1.165) is 10.8 Å². The Hall–Kier alpha value is -3.88. The number of carbonyl (C=O) groups is 1. The highest BCUT2D eigenvalue weighted by molar-refractivity contribution is 6.03. The molecule has 0 radical (unpaired) electrons. The maximum absolute atomic E-state index is 12.7. The summed E-state index contributed by atoms with van der Waals surface area (Å²) in [6.45, 7) is 0.113. The van der Waals surface area contributed by atoms with Gasteiger partial charge in [0.05, 0.1) is 18.4 Å². The van der Waals surface area contributed by atoms with Crippen LogP contribution in [0.2, 0.25) is 0 Å². The van der Waals surface area contributed by atoms with E-state index in [1.54, 1.807) is 36.5 Å². The molecule has 9 nitrogen and oxygen atoms in total. The van der Waals surface area contributed by atoms with Crippen molar-refractivity contribution in [1.29, 1.82) is 0 Å². The van der Waals surface area contributed by atoms with Crippen LogP contribution in [0.5, 0.6) is 11.5 Å². The van der Waals surface area contributed by atoms with Gasteiger partial charge in [-0.05, 0) is 29.8 Å². The molecule has 0 atom stereocenters. The number of pyridine rings is 1. The monoisotopic (exact) mass is 366 g/mol. The van der Waals surface area contributed by atoms with E-state index in [2.05, 4.69) is 15.3 Å². The lowest BCUT2D eigenvalue weighted by molar-refractivity contribution is 0.102. The van der Waals surface area contributed by atoms with Crippen molar-refractivity contribution in [2.75, 3.05) is 12.1 Å². The van der Waals surface area contributed by atoms with E-state index in [1.807, 2.05) is 0 Å². The van der Waals surface area contributed by atoms with Crippen LogP contribution >= 0.6 is 0 Å². The van der Waals surface area contributed by atoms with Crippen LogP contribution in [0.15, 0.2) is 58.5 Å². The van der Waals surface area contributed by atoms with E-state index in [9.17, 15) is 14.4 Å². The van der Waals surface area contributed by atoms with Crippen LogP contribution in [0.1, 0.15) is 15.9 Å². The number of nitrogens with zero attached hydrogens (tertiary/aromatic N) is 2. The molecule has 0 saturated heterocycles. The second-order valence-corrected chi connectivity index (χ2v) is 5.78. The van der Waals surface area contributed by atoms with Crippen molar-refractivity contribution in [3.8, 4) is 11.5 Å². The zero-order valence-corrected chi connectivity index (χ0v) is 14.0. The topological polar surface area (TPSA) is 115 Å². The number of ether oxygens (including phenoxy) is 2. The van der Waals surface area contributed by atoms with E-state index in [0.29, 0.717) is 22.7 Å². The lowest BCUT2D eigenvalue weighted by atomic mass is 10.2. The number of carbonyl (C=O) groups excluding carboxylic acids is 1. The first-order valence-corrected chi connectivity index (χ1v) is 8.04. The fraction of sp³-hybridized carbons (Fsp3) is 0.111. The molecular weight excluding hydrogens is 352 g/mol. The van der Waals surface area contributed by atoms with Crippen LogP contribution < -0.4 is 26.0 Å². The Balaban J connectivity index is 1.64. The van der Waals surface area contributed by atoms with E-state index in [4.69, 9.17) is 9.47 Å². The van der Waals surface area contributed by atoms with Crippen molar-refractivity contribution < 1.29 is 14.3 Å². The third kappa shape index (κ3) is 3.30. The second-order valence-electron chi connectivity index (χ2n) is 5.78. The van der Waals surface area contributed by atoms with Gasteiger partial charge in [0.2, 0.25) is 6.79 Å². The summed E-state index contributed by atoms with van der Waals surface area (Å²) in [5.41, 5.74) is -0.389. The van der Waals surface area contributed by atoms with Gasteiger partial charge in [-0.25, -0.2) is 4.79 Å². The van der Waals surface area contributed by atoms with E-state index in [1.165, 1.54) is 6.20 Å². The molecule has 1 aliphatic rings. The number of aromatic amines is 1. The number of H-pyrrole nitrogens is 1. The summed E-state index contributed by atoms with van der Waals surface area (Å²) in [5.74, 6) is 0.510. The number of nitrogens with one attached hydrogen (secondary N) is 2. The number of fused-ring (bicyclic) bond motifs is 1. The minimum Gasteiger partial charge on any atom is -0.454 e. The minimum atomic E-state index is -0.696. The van der Waals surface area contributed by atoms with Crippen molar-refractivity contribution in [1.82, 2.24) is 14.5 Å². The molecule has 4 rings (SSSR count). The lowest BCUT2D eigenvalue weighted by Crippen LogP contribution is -2.39. The zero-order valence-electron chi connectivity index (χ0n) is 14.0. The molecule has 0 aliphatic carbocycles. The number of anilines is 1. The molecule has 0 unspecified atom stereocenters. The van der Waals surface area contributed by atoms with Gasteiger partial charge in [0.15, 0.2) is 11.5 Å². The molecule has 1 aromatic carbocycles. The Labute approximate surface area is 152 Å². The average molecular weight is 366 g/mol. The third-order valence-corrected chi connectivity index (χ3v) is 4.00. The summed E-state index contributed by atoms with van der Waals surface area (Å²) in [7, 11) is 0. The van der Waals surface area contributed by atoms with Crippen LogP contribution in [0.25, 0.3) is 0 Å². The molecule has 2 N–H and O–H groups in total. The minimum absolute atomic E-state index is 0.0151. The average Bonchev–Trinajstić information content (AvgIpc) is 3.13. The number of amides is 1. The van der Waals surface area contributed by atoms with Gasteiger partial charge in [-0.2, -0.15) is 0 Å². The van der Waals surface area contributed by atoms with Crippen LogP contribution in [0, 0.1) is 0 Å². The molecule has 3 heterocycles. The fourth-order valence-electron chi connectivity index (χ4n) is 2.67. The number of rotatable bonds is 4. The number of aromatic nitrogens is 3. The predicted molar refractivity (Wildman–Crippen MR) is 95.2 cm³/mol. The first-order valence-electron chi connectivity index (χ1n) is 8.04. The maximum Gasteiger partial charge on any atom is 0.328 e. The van der Waals surface area contributed by atoms with Gasteiger partial charge in [0.1, 0.15) is 5.56 Å². The van der Waals surface area contributed by atoms with Crippen LogP contribution in [-0.2, 0) is 6.54 Å². The van der Waals surface area contributed by atoms with Crippen molar-refractivity contribution in [3.05, 3.63) is 80.9 Å². The van der Waals surface area contributed by atoms with E-state index < -0.39 is 17.2 Å².